The maximum Gasteiger partial charge on any atom is 0.331 e. The molecule has 54 valence electrons. The van der Waals surface area contributed by atoms with Gasteiger partial charge in [0.15, 0.2) is 0 Å². The molecule has 0 amide bonds. The predicted molar refractivity (Wildman–Crippen MR) is 31.2 cm³/mol. The average molecular weight is 159 g/mol. The molecule has 0 radical (unpaired) electrons. The highest BCUT2D eigenvalue weighted by molar-refractivity contribution is 5.13. The van der Waals surface area contributed by atoms with Gasteiger partial charge in [-0.2, -0.15) is 0 Å². The van der Waals surface area contributed by atoms with Crippen molar-refractivity contribution < 1.29 is 20.3 Å². The Bertz CT molecular complexity index is 176. The van der Waals surface area contributed by atoms with E-state index in [9.17, 15) is 4.66 Å². The molecule has 0 saturated heterocycles. The summed E-state index contributed by atoms with van der Waals surface area (Å²) >= 11 is 0.553. The second-order valence-corrected chi connectivity index (χ2v) is 2.15. The number of rotatable bonds is 3. The molecule has 0 bridgehead atoms. The molecule has 10 heavy (non-hydrogen) atoms. The molecule has 0 aliphatic carbocycles. The molecule has 0 spiro atoms. The van der Waals surface area contributed by atoms with Crippen LogP contribution in [-0.4, -0.2) is 0 Å². The average Bonchev–Trinajstić information content (AvgIpc) is 2.03. The Hall–Kier alpha value is -0.570. The maximum absolute atomic E-state index is 9.74. The molecule has 2 nitrogen and oxygen atoms in total. The minimum Gasteiger partial charge on any atom is -0.506 e. The molecule has 0 unspecified atom stereocenters. The van der Waals surface area contributed by atoms with Crippen LogP contribution < -0.4 is 4.66 Å². The topological polar surface area (TPSA) is 32.3 Å². The first-order valence-electron chi connectivity index (χ1n) is 2.86. The van der Waals surface area contributed by atoms with Gasteiger partial charge in [0.25, 0.3) is 0 Å². The molecule has 0 aromatic heterocycles. The van der Waals surface area contributed by atoms with Gasteiger partial charge >= 0.3 is 11.3 Å². The van der Waals surface area contributed by atoms with Crippen molar-refractivity contribution in [2.45, 2.75) is 6.61 Å². The normalized spacial score (nSPS) is 9.70. The molecule has 0 heterocycles. The third-order valence-electron chi connectivity index (χ3n) is 1.11. The molecule has 0 N–H and O–H groups in total. The van der Waals surface area contributed by atoms with E-state index in [0.717, 1.165) is 5.56 Å². The summed E-state index contributed by atoms with van der Waals surface area (Å²) in [6.07, 6.45) is 0. The van der Waals surface area contributed by atoms with Gasteiger partial charge in [-0.25, -0.2) is 0 Å². The highest BCUT2D eigenvalue weighted by Crippen LogP contribution is 1.99. The molecule has 0 aliphatic rings. The van der Waals surface area contributed by atoms with Gasteiger partial charge in [-0.15, -0.1) is 0 Å². The molecule has 0 aliphatic heterocycles. The Balaban J connectivity index is 2.43. The Morgan fingerprint density at radius 3 is 2.60 bits per heavy atom. The van der Waals surface area contributed by atoms with E-state index in [1.54, 1.807) is 0 Å². The zero-order valence-corrected chi connectivity index (χ0v) is 6.04. The summed E-state index contributed by atoms with van der Waals surface area (Å²) in [5.41, 5.74) is 1.01. The van der Waals surface area contributed by atoms with Crippen molar-refractivity contribution >= 4 is 0 Å². The minimum atomic E-state index is 0.359. The lowest BCUT2D eigenvalue weighted by atomic mass is 10.2. The third-order valence-corrected chi connectivity index (χ3v) is 1.31. The predicted octanol–water partition coefficient (Wildman–Crippen LogP) is 0.478. The van der Waals surface area contributed by atoms with Gasteiger partial charge in [0.2, 0.25) is 0 Å². The summed E-state index contributed by atoms with van der Waals surface area (Å²) < 4.78 is 14.3. The summed E-state index contributed by atoms with van der Waals surface area (Å²) in [6, 6.07) is 9.54. The summed E-state index contributed by atoms with van der Waals surface area (Å²) in [5, 5.41) is 0. The molecule has 3 heteroatoms. The van der Waals surface area contributed by atoms with E-state index in [1.807, 2.05) is 30.3 Å². The maximum atomic E-state index is 9.74. The second-order valence-electron chi connectivity index (χ2n) is 1.80. The van der Waals surface area contributed by atoms with Crippen molar-refractivity contribution in [1.82, 2.24) is 0 Å². The zero-order chi connectivity index (χ0) is 7.23. The molecular formula is C7H7ClO2. The van der Waals surface area contributed by atoms with Crippen molar-refractivity contribution in [3.8, 4) is 0 Å². The van der Waals surface area contributed by atoms with Crippen molar-refractivity contribution in [3.05, 3.63) is 35.9 Å². The van der Waals surface area contributed by atoms with Crippen LogP contribution in [0.25, 0.3) is 0 Å². The quantitative estimate of drug-likeness (QED) is 0.641. The van der Waals surface area contributed by atoms with Crippen LogP contribution in [0.5, 0.6) is 0 Å². The van der Waals surface area contributed by atoms with Crippen LogP contribution in [0.2, 0.25) is 0 Å². The van der Waals surface area contributed by atoms with Gasteiger partial charge in [-0.1, -0.05) is 34.6 Å². The lowest BCUT2D eigenvalue weighted by molar-refractivity contribution is -1.27. The molecule has 0 saturated carbocycles. The fraction of sp³-hybridized carbons (Fsp3) is 0.143. The van der Waals surface area contributed by atoms with Crippen LogP contribution in [-0.2, 0) is 10.9 Å². The Morgan fingerprint density at radius 2 is 2.00 bits per heavy atom. The van der Waals surface area contributed by atoms with Gasteiger partial charge in [0, 0.05) is 0 Å². The smallest absolute Gasteiger partial charge is 0.331 e. The summed E-state index contributed by atoms with van der Waals surface area (Å²) in [4.78, 5) is 0. The number of halogens is 1. The highest BCUT2D eigenvalue weighted by atomic mass is 35.6. The van der Waals surface area contributed by atoms with Crippen molar-refractivity contribution in [2.24, 2.45) is 0 Å². The fourth-order valence-corrected chi connectivity index (χ4v) is 0.830. The number of hydrogen-bond donors (Lipinski definition) is 0. The van der Waals surface area contributed by atoms with E-state index in [-0.39, 0.29) is 0 Å². The van der Waals surface area contributed by atoms with E-state index >= 15 is 0 Å². The van der Waals surface area contributed by atoms with Gasteiger partial charge in [0.05, 0.1) is 0 Å². The van der Waals surface area contributed by atoms with Gasteiger partial charge in [-0.05, 0) is 5.56 Å². The summed E-state index contributed by atoms with van der Waals surface area (Å²) in [6.45, 7) is 0.359. The second kappa shape index (κ2) is 4.28. The SMILES string of the molecule is [O-][Cl+]OCc1ccccc1. The zero-order valence-electron chi connectivity index (χ0n) is 5.29. The molecule has 1 aromatic rings. The first-order valence-corrected chi connectivity index (χ1v) is 3.48. The van der Waals surface area contributed by atoms with E-state index in [0.29, 0.717) is 17.9 Å². The monoisotopic (exact) mass is 158 g/mol. The number of hydrogen-bond acceptors (Lipinski definition) is 2. The van der Waals surface area contributed by atoms with Gasteiger partial charge in [0.1, 0.15) is 6.61 Å². The largest absolute Gasteiger partial charge is 0.506 e. The van der Waals surface area contributed by atoms with E-state index < -0.39 is 0 Å². The van der Waals surface area contributed by atoms with Crippen LogP contribution >= 0.6 is 0 Å². The third kappa shape index (κ3) is 2.35. The standard InChI is InChI=1S/C7H7ClO2/c9-8-10-6-7-4-2-1-3-5-7/h1-5H,6H2. The van der Waals surface area contributed by atoms with Crippen molar-refractivity contribution in [1.29, 1.82) is 0 Å². The first kappa shape index (κ1) is 7.54. The molecule has 0 atom stereocenters. The highest BCUT2D eigenvalue weighted by Gasteiger charge is 1.94. The lowest BCUT2D eigenvalue weighted by Gasteiger charge is -1.91. The van der Waals surface area contributed by atoms with Crippen LogP contribution in [0.1, 0.15) is 5.56 Å². The van der Waals surface area contributed by atoms with Gasteiger partial charge < -0.3 is 4.66 Å². The summed E-state index contributed by atoms with van der Waals surface area (Å²) in [7, 11) is 0. The Kier molecular flexibility index (Phi) is 3.22. The van der Waals surface area contributed by atoms with Crippen LogP contribution in [0.4, 0.5) is 0 Å². The van der Waals surface area contributed by atoms with Crippen LogP contribution in [0.3, 0.4) is 0 Å². The molecular weight excluding hydrogens is 152 g/mol. The van der Waals surface area contributed by atoms with E-state index in [1.165, 1.54) is 0 Å². The first-order chi connectivity index (χ1) is 4.93. The number of benzene rings is 1. The Morgan fingerprint density at radius 1 is 1.30 bits per heavy atom. The van der Waals surface area contributed by atoms with E-state index in [2.05, 4.69) is 4.29 Å². The lowest BCUT2D eigenvalue weighted by Crippen LogP contribution is -2.03. The van der Waals surface area contributed by atoms with Crippen LogP contribution in [0, 0.1) is 11.3 Å². The van der Waals surface area contributed by atoms with Crippen LogP contribution in [0.15, 0.2) is 30.3 Å². The molecule has 0 fully saturated rings. The molecule has 1 aromatic carbocycles. The summed E-state index contributed by atoms with van der Waals surface area (Å²) in [5.74, 6) is 0. The van der Waals surface area contributed by atoms with Crippen molar-refractivity contribution in [3.63, 3.8) is 0 Å². The fourth-order valence-electron chi connectivity index (χ4n) is 0.660. The molecule has 1 rings (SSSR count). The minimum absolute atomic E-state index is 0.359. The van der Waals surface area contributed by atoms with Gasteiger partial charge in [-0.3, -0.25) is 0 Å². The Labute approximate surface area is 63.5 Å². The van der Waals surface area contributed by atoms with E-state index in [4.69, 9.17) is 0 Å². The van der Waals surface area contributed by atoms with Crippen molar-refractivity contribution in [2.75, 3.05) is 0 Å².